The Morgan fingerprint density at radius 2 is 1.94 bits per heavy atom. The van der Waals surface area contributed by atoms with E-state index in [1.54, 1.807) is 13.2 Å². The van der Waals surface area contributed by atoms with E-state index < -0.39 is 0 Å². The van der Waals surface area contributed by atoms with Crippen molar-refractivity contribution in [2.24, 2.45) is 5.73 Å². The van der Waals surface area contributed by atoms with Crippen LogP contribution >= 0.6 is 0 Å². The maximum Gasteiger partial charge on any atom is 0.126 e. The van der Waals surface area contributed by atoms with Crippen LogP contribution in [0.25, 0.3) is 11.1 Å². The Balaban J connectivity index is 2.54. The van der Waals surface area contributed by atoms with E-state index in [2.05, 4.69) is 0 Å². The van der Waals surface area contributed by atoms with Gasteiger partial charge in [-0.15, -0.1) is 0 Å². The number of nitrogens with two attached hydrogens (primary N) is 1. The quantitative estimate of drug-likeness (QED) is 0.898. The number of ether oxygens (including phenoxy) is 1. The molecule has 0 aliphatic carbocycles. The highest BCUT2D eigenvalue weighted by Gasteiger charge is 2.08. The van der Waals surface area contributed by atoms with Crippen LogP contribution in [0.5, 0.6) is 5.75 Å². The average Bonchev–Trinajstić information content (AvgIpc) is 2.39. The van der Waals surface area contributed by atoms with Crippen molar-refractivity contribution in [2.75, 3.05) is 7.11 Å². The number of benzene rings is 2. The molecule has 18 heavy (non-hydrogen) atoms. The first-order chi connectivity index (χ1) is 8.61. The number of methoxy groups -OCH3 is 1. The summed E-state index contributed by atoms with van der Waals surface area (Å²) in [4.78, 5) is 0. The Morgan fingerprint density at radius 1 is 1.17 bits per heavy atom. The first kappa shape index (κ1) is 12.6. The van der Waals surface area contributed by atoms with E-state index in [1.165, 1.54) is 12.1 Å². The molecule has 2 rings (SSSR count). The Hall–Kier alpha value is -1.87. The molecule has 0 bridgehead atoms. The molecule has 1 atom stereocenters. The summed E-state index contributed by atoms with van der Waals surface area (Å²) < 4.78 is 18.6. The number of hydrogen-bond acceptors (Lipinski definition) is 2. The van der Waals surface area contributed by atoms with Crippen molar-refractivity contribution in [3.05, 3.63) is 53.8 Å². The molecule has 0 amide bonds. The Kier molecular flexibility index (Phi) is 3.63. The van der Waals surface area contributed by atoms with Gasteiger partial charge < -0.3 is 10.5 Å². The minimum Gasteiger partial charge on any atom is -0.496 e. The standard InChI is InChI=1S/C15H16FNO/c1-10(17)11-4-3-5-12(8-11)14-9-13(16)6-7-15(14)18-2/h3-10H,17H2,1-2H3. The van der Waals surface area contributed by atoms with Crippen molar-refractivity contribution < 1.29 is 9.13 Å². The molecule has 0 radical (unpaired) electrons. The normalized spacial score (nSPS) is 12.2. The van der Waals surface area contributed by atoms with E-state index in [0.29, 0.717) is 5.75 Å². The van der Waals surface area contributed by atoms with Crippen LogP contribution in [0.2, 0.25) is 0 Å². The topological polar surface area (TPSA) is 35.2 Å². The molecule has 0 aromatic heterocycles. The largest absolute Gasteiger partial charge is 0.496 e. The van der Waals surface area contributed by atoms with E-state index in [0.717, 1.165) is 16.7 Å². The van der Waals surface area contributed by atoms with Crippen molar-refractivity contribution in [1.29, 1.82) is 0 Å². The fraction of sp³-hybridized carbons (Fsp3) is 0.200. The second-order valence-corrected chi connectivity index (χ2v) is 4.26. The zero-order chi connectivity index (χ0) is 13.1. The first-order valence-electron chi connectivity index (χ1n) is 5.81. The SMILES string of the molecule is COc1ccc(F)cc1-c1cccc(C(C)N)c1. The average molecular weight is 245 g/mol. The Labute approximate surface area is 106 Å². The van der Waals surface area contributed by atoms with Crippen molar-refractivity contribution >= 4 is 0 Å². The third-order valence-corrected chi connectivity index (χ3v) is 2.88. The van der Waals surface area contributed by atoms with Crippen LogP contribution in [0, 0.1) is 5.82 Å². The second-order valence-electron chi connectivity index (χ2n) is 4.26. The summed E-state index contributed by atoms with van der Waals surface area (Å²) >= 11 is 0. The van der Waals surface area contributed by atoms with Crippen molar-refractivity contribution in [2.45, 2.75) is 13.0 Å². The van der Waals surface area contributed by atoms with Gasteiger partial charge in [0.25, 0.3) is 0 Å². The molecule has 2 aromatic rings. The number of hydrogen-bond donors (Lipinski definition) is 1. The zero-order valence-corrected chi connectivity index (χ0v) is 10.5. The van der Waals surface area contributed by atoms with E-state index in [9.17, 15) is 4.39 Å². The number of rotatable bonds is 3. The van der Waals surface area contributed by atoms with Gasteiger partial charge in [-0.25, -0.2) is 4.39 Å². The summed E-state index contributed by atoms with van der Waals surface area (Å²) in [6, 6.07) is 12.2. The van der Waals surface area contributed by atoms with Crippen molar-refractivity contribution in [3.8, 4) is 16.9 Å². The van der Waals surface area contributed by atoms with Gasteiger partial charge in [-0.05, 0) is 42.3 Å². The highest BCUT2D eigenvalue weighted by molar-refractivity contribution is 5.71. The summed E-state index contributed by atoms with van der Waals surface area (Å²) in [6.07, 6.45) is 0. The first-order valence-corrected chi connectivity index (χ1v) is 5.81. The van der Waals surface area contributed by atoms with Crippen molar-refractivity contribution in [1.82, 2.24) is 0 Å². The zero-order valence-electron chi connectivity index (χ0n) is 10.5. The minimum absolute atomic E-state index is 0.0514. The summed E-state index contributed by atoms with van der Waals surface area (Å²) in [7, 11) is 1.58. The fourth-order valence-corrected chi connectivity index (χ4v) is 1.90. The van der Waals surface area contributed by atoms with E-state index >= 15 is 0 Å². The van der Waals surface area contributed by atoms with E-state index in [-0.39, 0.29) is 11.9 Å². The molecule has 2 aromatic carbocycles. The van der Waals surface area contributed by atoms with Crippen LogP contribution in [0.3, 0.4) is 0 Å². The molecule has 2 N–H and O–H groups in total. The third-order valence-electron chi connectivity index (χ3n) is 2.88. The highest BCUT2D eigenvalue weighted by Crippen LogP contribution is 2.31. The maximum absolute atomic E-state index is 13.3. The molecule has 1 unspecified atom stereocenters. The lowest BCUT2D eigenvalue weighted by Gasteiger charge is -2.11. The van der Waals surface area contributed by atoms with Gasteiger partial charge >= 0.3 is 0 Å². The molecule has 0 spiro atoms. The summed E-state index contributed by atoms with van der Waals surface area (Å²) in [5, 5.41) is 0. The molecule has 3 heteroatoms. The minimum atomic E-state index is -0.281. The lowest BCUT2D eigenvalue weighted by Crippen LogP contribution is -2.04. The summed E-state index contributed by atoms with van der Waals surface area (Å²) in [5.74, 6) is 0.371. The van der Waals surface area contributed by atoms with Gasteiger partial charge in [0.1, 0.15) is 11.6 Å². The molecule has 0 fully saturated rings. The van der Waals surface area contributed by atoms with Gasteiger partial charge in [-0.3, -0.25) is 0 Å². The van der Waals surface area contributed by atoms with Gasteiger partial charge in [0.05, 0.1) is 7.11 Å². The van der Waals surface area contributed by atoms with E-state index in [1.807, 2.05) is 31.2 Å². The summed E-state index contributed by atoms with van der Waals surface area (Å²) in [6.45, 7) is 1.92. The van der Waals surface area contributed by atoms with Crippen LogP contribution < -0.4 is 10.5 Å². The number of halogens is 1. The molecule has 0 saturated carbocycles. The molecule has 0 aliphatic rings. The van der Waals surface area contributed by atoms with Gasteiger partial charge in [0.2, 0.25) is 0 Å². The van der Waals surface area contributed by atoms with Gasteiger partial charge in [-0.2, -0.15) is 0 Å². The van der Waals surface area contributed by atoms with Crippen LogP contribution in [0.15, 0.2) is 42.5 Å². The molecule has 0 aliphatic heterocycles. The predicted molar refractivity (Wildman–Crippen MR) is 71.0 cm³/mol. The van der Waals surface area contributed by atoms with Crippen LogP contribution in [-0.4, -0.2) is 7.11 Å². The van der Waals surface area contributed by atoms with Gasteiger partial charge in [-0.1, -0.05) is 18.2 Å². The molecular formula is C15H16FNO. The molecule has 0 heterocycles. The monoisotopic (exact) mass is 245 g/mol. The Bertz CT molecular complexity index is 552. The highest BCUT2D eigenvalue weighted by atomic mass is 19.1. The molecular weight excluding hydrogens is 229 g/mol. The maximum atomic E-state index is 13.3. The van der Waals surface area contributed by atoms with Gasteiger partial charge in [0, 0.05) is 11.6 Å². The molecule has 2 nitrogen and oxygen atoms in total. The van der Waals surface area contributed by atoms with Crippen LogP contribution in [0.1, 0.15) is 18.5 Å². The molecule has 0 saturated heterocycles. The molecule has 94 valence electrons. The van der Waals surface area contributed by atoms with Gasteiger partial charge in [0.15, 0.2) is 0 Å². The smallest absolute Gasteiger partial charge is 0.126 e. The Morgan fingerprint density at radius 3 is 2.61 bits per heavy atom. The fourth-order valence-electron chi connectivity index (χ4n) is 1.90. The van der Waals surface area contributed by atoms with E-state index in [4.69, 9.17) is 10.5 Å². The summed E-state index contributed by atoms with van der Waals surface area (Å²) in [5.41, 5.74) is 8.51. The lowest BCUT2D eigenvalue weighted by atomic mass is 9.99. The second kappa shape index (κ2) is 5.19. The predicted octanol–water partition coefficient (Wildman–Crippen LogP) is 3.52. The lowest BCUT2D eigenvalue weighted by molar-refractivity contribution is 0.415. The van der Waals surface area contributed by atoms with Crippen LogP contribution in [-0.2, 0) is 0 Å². The van der Waals surface area contributed by atoms with Crippen molar-refractivity contribution in [3.63, 3.8) is 0 Å². The third kappa shape index (κ3) is 2.51. The van der Waals surface area contributed by atoms with Crippen LogP contribution in [0.4, 0.5) is 4.39 Å².